The number of aliphatic hydroxyl groups is 1. The van der Waals surface area contributed by atoms with Gasteiger partial charge in [-0.3, -0.25) is 4.98 Å². The Morgan fingerprint density at radius 2 is 2.21 bits per heavy atom. The van der Waals surface area contributed by atoms with Crippen LogP contribution in [0.4, 0.5) is 10.5 Å². The van der Waals surface area contributed by atoms with E-state index in [0.29, 0.717) is 34.9 Å². The van der Waals surface area contributed by atoms with Gasteiger partial charge in [0.2, 0.25) is 5.89 Å². The monoisotopic (exact) mass is 326 g/mol. The van der Waals surface area contributed by atoms with Gasteiger partial charge in [-0.25, -0.2) is 9.78 Å². The van der Waals surface area contributed by atoms with Crippen LogP contribution in [0.1, 0.15) is 6.92 Å². The number of carbonyl (C=O) groups is 1. The molecule has 24 heavy (non-hydrogen) atoms. The van der Waals surface area contributed by atoms with E-state index in [2.05, 4.69) is 15.3 Å². The van der Waals surface area contributed by atoms with Crippen molar-refractivity contribution in [2.45, 2.75) is 6.92 Å². The number of carbonyl (C=O) groups excluding carboxylic acids is 1. The SMILES string of the molecule is CCN(CCO)C(=O)Nc1ccc2nc(-c3ccccn3)oc2c1. The molecule has 7 nitrogen and oxygen atoms in total. The number of rotatable bonds is 5. The maximum absolute atomic E-state index is 12.1. The minimum atomic E-state index is -0.268. The fraction of sp³-hybridized carbons (Fsp3) is 0.235. The fourth-order valence-electron chi connectivity index (χ4n) is 2.33. The lowest BCUT2D eigenvalue weighted by Gasteiger charge is -2.20. The van der Waals surface area contributed by atoms with Crippen molar-refractivity contribution in [3.05, 3.63) is 42.6 Å². The Morgan fingerprint density at radius 1 is 1.33 bits per heavy atom. The lowest BCUT2D eigenvalue weighted by molar-refractivity contribution is 0.192. The molecule has 0 saturated heterocycles. The van der Waals surface area contributed by atoms with E-state index in [-0.39, 0.29) is 19.2 Å². The molecule has 0 unspecified atom stereocenters. The second-order valence-corrected chi connectivity index (χ2v) is 5.15. The molecule has 0 aliphatic heterocycles. The first-order valence-corrected chi connectivity index (χ1v) is 7.70. The molecule has 124 valence electrons. The summed E-state index contributed by atoms with van der Waals surface area (Å²) in [5.41, 5.74) is 2.52. The highest BCUT2D eigenvalue weighted by Crippen LogP contribution is 2.25. The number of amides is 2. The van der Waals surface area contributed by atoms with Gasteiger partial charge < -0.3 is 19.7 Å². The molecule has 0 saturated carbocycles. The number of hydrogen-bond donors (Lipinski definition) is 2. The molecule has 3 rings (SSSR count). The molecule has 0 fully saturated rings. The summed E-state index contributed by atoms with van der Waals surface area (Å²) in [5.74, 6) is 0.435. The predicted octanol–water partition coefficient (Wildman–Crippen LogP) is 2.74. The number of pyridine rings is 1. The number of hydrogen-bond acceptors (Lipinski definition) is 5. The Kier molecular flexibility index (Phi) is 4.72. The number of nitrogens with one attached hydrogen (secondary N) is 1. The van der Waals surface area contributed by atoms with Gasteiger partial charge in [0.05, 0.1) is 6.61 Å². The zero-order valence-corrected chi connectivity index (χ0v) is 13.3. The molecule has 0 aliphatic carbocycles. The summed E-state index contributed by atoms with van der Waals surface area (Å²) in [6.45, 7) is 2.58. The average Bonchev–Trinajstić information content (AvgIpc) is 3.03. The molecule has 3 aromatic rings. The Bertz CT molecular complexity index is 832. The minimum Gasteiger partial charge on any atom is -0.435 e. The molecule has 2 heterocycles. The fourth-order valence-corrected chi connectivity index (χ4v) is 2.33. The van der Waals surface area contributed by atoms with Crippen LogP contribution < -0.4 is 5.32 Å². The van der Waals surface area contributed by atoms with Crippen LogP contribution in [0.25, 0.3) is 22.7 Å². The van der Waals surface area contributed by atoms with E-state index >= 15 is 0 Å². The molecule has 0 atom stereocenters. The number of nitrogens with zero attached hydrogens (tertiary/aromatic N) is 3. The first kappa shape index (κ1) is 15.9. The van der Waals surface area contributed by atoms with Crippen LogP contribution >= 0.6 is 0 Å². The zero-order valence-electron chi connectivity index (χ0n) is 13.3. The van der Waals surface area contributed by atoms with Crippen LogP contribution in [0.5, 0.6) is 0 Å². The molecule has 2 aromatic heterocycles. The van der Waals surface area contributed by atoms with Gasteiger partial charge in [-0.15, -0.1) is 0 Å². The van der Waals surface area contributed by atoms with E-state index < -0.39 is 0 Å². The third-order valence-electron chi connectivity index (χ3n) is 3.56. The van der Waals surface area contributed by atoms with E-state index in [4.69, 9.17) is 9.52 Å². The quantitative estimate of drug-likeness (QED) is 0.752. The standard InChI is InChI=1S/C17H18N4O3/c1-2-21(9-10-22)17(23)19-12-6-7-13-15(11-12)24-16(20-13)14-5-3-4-8-18-14/h3-8,11,22H,2,9-10H2,1H3,(H,19,23). The van der Waals surface area contributed by atoms with Crippen molar-refractivity contribution in [1.82, 2.24) is 14.9 Å². The molecule has 2 amide bonds. The minimum absolute atomic E-state index is 0.0736. The van der Waals surface area contributed by atoms with E-state index in [1.807, 2.05) is 25.1 Å². The molecule has 2 N–H and O–H groups in total. The van der Waals surface area contributed by atoms with Gasteiger partial charge in [-0.05, 0) is 31.2 Å². The van der Waals surface area contributed by atoms with Gasteiger partial charge in [0, 0.05) is 31.0 Å². The van der Waals surface area contributed by atoms with Crippen LogP contribution in [0, 0.1) is 0 Å². The maximum Gasteiger partial charge on any atom is 0.321 e. The van der Waals surface area contributed by atoms with Crippen molar-refractivity contribution in [3.63, 3.8) is 0 Å². The topological polar surface area (TPSA) is 91.5 Å². The maximum atomic E-state index is 12.1. The van der Waals surface area contributed by atoms with Crippen molar-refractivity contribution in [2.24, 2.45) is 0 Å². The van der Waals surface area contributed by atoms with Crippen LogP contribution in [0.15, 0.2) is 47.0 Å². The molecule has 7 heteroatoms. The van der Waals surface area contributed by atoms with Crippen molar-refractivity contribution < 1.29 is 14.3 Å². The summed E-state index contributed by atoms with van der Waals surface area (Å²) >= 11 is 0. The number of urea groups is 1. The second kappa shape index (κ2) is 7.10. The van der Waals surface area contributed by atoms with Crippen molar-refractivity contribution >= 4 is 22.8 Å². The van der Waals surface area contributed by atoms with Gasteiger partial charge in [0.25, 0.3) is 0 Å². The lowest BCUT2D eigenvalue weighted by atomic mass is 10.3. The number of likely N-dealkylation sites (N-methyl/N-ethyl adjacent to an activating group) is 1. The number of aromatic nitrogens is 2. The molecular formula is C17H18N4O3. The molecule has 0 bridgehead atoms. The highest BCUT2D eigenvalue weighted by atomic mass is 16.3. The summed E-state index contributed by atoms with van der Waals surface area (Å²) in [6, 6.07) is 10.5. The van der Waals surface area contributed by atoms with Gasteiger partial charge in [-0.2, -0.15) is 0 Å². The molecule has 0 radical (unpaired) electrons. The number of benzene rings is 1. The number of oxazole rings is 1. The van der Waals surface area contributed by atoms with Gasteiger partial charge in [0.1, 0.15) is 11.2 Å². The zero-order chi connectivity index (χ0) is 16.9. The van der Waals surface area contributed by atoms with Crippen molar-refractivity contribution in [3.8, 4) is 11.6 Å². The molecular weight excluding hydrogens is 308 g/mol. The van der Waals surface area contributed by atoms with Gasteiger partial charge >= 0.3 is 6.03 Å². The van der Waals surface area contributed by atoms with Gasteiger partial charge in [-0.1, -0.05) is 6.07 Å². The van der Waals surface area contributed by atoms with E-state index in [1.165, 1.54) is 4.90 Å². The largest absolute Gasteiger partial charge is 0.435 e. The van der Waals surface area contributed by atoms with Crippen LogP contribution in [0.2, 0.25) is 0 Å². The smallest absolute Gasteiger partial charge is 0.321 e. The van der Waals surface area contributed by atoms with E-state index in [1.54, 1.807) is 24.4 Å². The number of anilines is 1. The highest BCUT2D eigenvalue weighted by Gasteiger charge is 2.13. The summed E-state index contributed by atoms with van der Waals surface area (Å²) in [6.07, 6.45) is 1.68. The third kappa shape index (κ3) is 3.36. The number of fused-ring (bicyclic) bond motifs is 1. The summed E-state index contributed by atoms with van der Waals surface area (Å²) < 4.78 is 5.73. The molecule has 0 spiro atoms. The first-order chi connectivity index (χ1) is 11.7. The van der Waals surface area contributed by atoms with E-state index in [0.717, 1.165) is 0 Å². The van der Waals surface area contributed by atoms with Crippen LogP contribution in [-0.4, -0.2) is 45.7 Å². The van der Waals surface area contributed by atoms with Crippen LogP contribution in [0.3, 0.4) is 0 Å². The van der Waals surface area contributed by atoms with Crippen LogP contribution in [-0.2, 0) is 0 Å². The summed E-state index contributed by atoms with van der Waals surface area (Å²) in [4.78, 5) is 22.3. The Balaban J connectivity index is 1.82. The number of aliphatic hydroxyl groups excluding tert-OH is 1. The first-order valence-electron chi connectivity index (χ1n) is 7.70. The Hall–Kier alpha value is -2.93. The highest BCUT2D eigenvalue weighted by molar-refractivity contribution is 5.91. The van der Waals surface area contributed by atoms with E-state index in [9.17, 15) is 4.79 Å². The predicted molar refractivity (Wildman–Crippen MR) is 90.6 cm³/mol. The lowest BCUT2D eigenvalue weighted by Crippen LogP contribution is -2.36. The van der Waals surface area contributed by atoms with Crippen molar-refractivity contribution in [1.29, 1.82) is 0 Å². The average molecular weight is 326 g/mol. The molecule has 0 aliphatic rings. The Morgan fingerprint density at radius 3 is 2.92 bits per heavy atom. The normalized spacial score (nSPS) is 10.8. The third-order valence-corrected chi connectivity index (χ3v) is 3.56. The van der Waals surface area contributed by atoms with Crippen molar-refractivity contribution in [2.75, 3.05) is 25.0 Å². The summed E-state index contributed by atoms with van der Waals surface area (Å²) in [7, 11) is 0. The van der Waals surface area contributed by atoms with Gasteiger partial charge in [0.15, 0.2) is 5.58 Å². The second-order valence-electron chi connectivity index (χ2n) is 5.15. The molecule has 1 aromatic carbocycles. The summed E-state index contributed by atoms with van der Waals surface area (Å²) in [5, 5.41) is 11.8. The Labute approximate surface area is 138 Å².